The van der Waals surface area contributed by atoms with Crippen molar-refractivity contribution < 1.29 is 14.1 Å². The van der Waals surface area contributed by atoms with Gasteiger partial charge in [-0.05, 0) is 42.1 Å². The van der Waals surface area contributed by atoms with Crippen molar-refractivity contribution in [3.63, 3.8) is 0 Å². The summed E-state index contributed by atoms with van der Waals surface area (Å²) in [5, 5.41) is 16.9. The summed E-state index contributed by atoms with van der Waals surface area (Å²) in [6.45, 7) is 1.84. The van der Waals surface area contributed by atoms with E-state index in [1.54, 1.807) is 12.1 Å². The van der Waals surface area contributed by atoms with E-state index in [4.69, 9.17) is 16.0 Å². The molecule has 132 valence electrons. The summed E-state index contributed by atoms with van der Waals surface area (Å²) >= 11 is 7.42. The highest BCUT2D eigenvalue weighted by molar-refractivity contribution is 7.12. The molecule has 2 heterocycles. The maximum Gasteiger partial charge on any atom is 0.281 e. The number of non-ortho nitro benzene ring substituents is 1. The number of furan rings is 1. The van der Waals surface area contributed by atoms with E-state index in [0.29, 0.717) is 27.0 Å². The second-order valence-electron chi connectivity index (χ2n) is 5.26. The van der Waals surface area contributed by atoms with Crippen molar-refractivity contribution in [3.05, 3.63) is 73.1 Å². The first-order valence-corrected chi connectivity index (χ1v) is 8.63. The fourth-order valence-electron chi connectivity index (χ4n) is 2.19. The van der Waals surface area contributed by atoms with Crippen molar-refractivity contribution in [3.8, 4) is 11.3 Å². The monoisotopic (exact) mass is 389 g/mol. The molecule has 1 N–H and O–H groups in total. The molecule has 9 heteroatoms. The minimum absolute atomic E-state index is 0.0883. The van der Waals surface area contributed by atoms with E-state index >= 15 is 0 Å². The molecule has 3 aromatic rings. The Hall–Kier alpha value is -2.97. The van der Waals surface area contributed by atoms with Gasteiger partial charge in [0.1, 0.15) is 11.5 Å². The number of thiophene rings is 1. The van der Waals surface area contributed by atoms with Crippen LogP contribution in [0.15, 0.2) is 51.3 Å². The molecule has 26 heavy (non-hydrogen) atoms. The summed E-state index contributed by atoms with van der Waals surface area (Å²) in [5.41, 5.74) is 3.62. The van der Waals surface area contributed by atoms with E-state index in [-0.39, 0.29) is 11.6 Å². The van der Waals surface area contributed by atoms with Crippen LogP contribution in [0.1, 0.15) is 21.0 Å². The van der Waals surface area contributed by atoms with Crippen LogP contribution >= 0.6 is 22.9 Å². The molecule has 0 bridgehead atoms. The first kappa shape index (κ1) is 17.8. The van der Waals surface area contributed by atoms with Crippen molar-refractivity contribution in [1.29, 1.82) is 0 Å². The lowest BCUT2D eigenvalue weighted by atomic mass is 10.1. The number of hydrogen-bond donors (Lipinski definition) is 1. The summed E-state index contributed by atoms with van der Waals surface area (Å²) in [5.74, 6) is 0.425. The maximum atomic E-state index is 12.0. The highest BCUT2D eigenvalue weighted by atomic mass is 35.5. The first-order valence-electron chi connectivity index (χ1n) is 7.37. The Bertz CT molecular complexity index is 1010. The molecule has 3 rings (SSSR count). The van der Waals surface area contributed by atoms with Gasteiger partial charge in [-0.1, -0.05) is 11.6 Å². The normalized spacial score (nSPS) is 11.0. The molecular formula is C17H12ClN3O4S. The van der Waals surface area contributed by atoms with Gasteiger partial charge >= 0.3 is 0 Å². The van der Waals surface area contributed by atoms with Crippen LogP contribution in [0, 0.1) is 17.0 Å². The van der Waals surface area contributed by atoms with Gasteiger partial charge in [0.15, 0.2) is 0 Å². The number of carbonyl (C=O) groups excluding carboxylic acids is 1. The molecule has 0 saturated heterocycles. The second kappa shape index (κ2) is 7.51. The van der Waals surface area contributed by atoms with Crippen LogP contribution in [0.4, 0.5) is 5.69 Å². The number of nitro benzene ring substituents is 1. The Morgan fingerprint density at radius 2 is 2.15 bits per heavy atom. The standard InChI is InChI=1S/C17H12ClN3O4S/c1-10-6-7-26-16(10)17(22)20-19-9-12-3-5-15(25-12)13-8-11(21(23)24)2-4-14(13)18/h2-9H,1H3,(H,20,22)/b19-9+. The molecule has 1 amide bonds. The number of nitro groups is 1. The third-order valence-electron chi connectivity index (χ3n) is 3.48. The number of amides is 1. The Balaban J connectivity index is 1.74. The van der Waals surface area contributed by atoms with E-state index in [2.05, 4.69) is 10.5 Å². The number of nitrogens with one attached hydrogen (secondary N) is 1. The SMILES string of the molecule is Cc1ccsc1C(=O)N/N=C/c1ccc(-c2cc([N+](=O)[O-])ccc2Cl)o1. The summed E-state index contributed by atoms with van der Waals surface area (Å²) in [4.78, 5) is 22.9. The van der Waals surface area contributed by atoms with Crippen LogP contribution in [-0.4, -0.2) is 17.0 Å². The zero-order valence-corrected chi connectivity index (χ0v) is 15.0. The van der Waals surface area contributed by atoms with Gasteiger partial charge in [-0.15, -0.1) is 11.3 Å². The minimum atomic E-state index is -0.507. The van der Waals surface area contributed by atoms with Gasteiger partial charge in [0.05, 0.1) is 21.0 Å². The molecule has 0 radical (unpaired) electrons. The molecular weight excluding hydrogens is 378 g/mol. The van der Waals surface area contributed by atoms with Gasteiger partial charge in [-0.25, -0.2) is 5.43 Å². The molecule has 0 aliphatic carbocycles. The van der Waals surface area contributed by atoms with Crippen molar-refractivity contribution >= 4 is 40.7 Å². The number of rotatable bonds is 5. The molecule has 2 aromatic heterocycles. The highest BCUT2D eigenvalue weighted by Gasteiger charge is 2.14. The van der Waals surface area contributed by atoms with Gasteiger partial charge in [-0.2, -0.15) is 5.10 Å². The maximum absolute atomic E-state index is 12.0. The zero-order chi connectivity index (χ0) is 18.7. The summed E-state index contributed by atoms with van der Waals surface area (Å²) < 4.78 is 5.58. The van der Waals surface area contributed by atoms with Crippen LogP contribution in [0.25, 0.3) is 11.3 Å². The van der Waals surface area contributed by atoms with Crippen molar-refractivity contribution in [1.82, 2.24) is 5.43 Å². The van der Waals surface area contributed by atoms with Crippen molar-refractivity contribution in [2.24, 2.45) is 5.10 Å². The van der Waals surface area contributed by atoms with Crippen LogP contribution < -0.4 is 5.43 Å². The van der Waals surface area contributed by atoms with Gasteiger partial charge in [0.25, 0.3) is 11.6 Å². The molecule has 0 atom stereocenters. The third kappa shape index (κ3) is 3.81. The molecule has 0 aliphatic heterocycles. The molecule has 0 fully saturated rings. The third-order valence-corrected chi connectivity index (χ3v) is 4.82. The summed E-state index contributed by atoms with van der Waals surface area (Å²) in [6.07, 6.45) is 1.34. The van der Waals surface area contributed by atoms with Crippen LogP contribution in [-0.2, 0) is 0 Å². The lowest BCUT2D eigenvalue weighted by Crippen LogP contribution is -2.17. The fraction of sp³-hybridized carbons (Fsp3) is 0.0588. The summed E-state index contributed by atoms with van der Waals surface area (Å²) in [7, 11) is 0. The lowest BCUT2D eigenvalue weighted by molar-refractivity contribution is -0.384. The Kier molecular flexibility index (Phi) is 5.15. The van der Waals surface area contributed by atoms with E-state index in [1.807, 2.05) is 18.4 Å². The average Bonchev–Trinajstić information content (AvgIpc) is 3.24. The van der Waals surface area contributed by atoms with Gasteiger partial charge in [0, 0.05) is 17.7 Å². The number of nitrogens with zero attached hydrogens (tertiary/aromatic N) is 2. The van der Waals surface area contributed by atoms with Gasteiger partial charge < -0.3 is 4.42 Å². The van der Waals surface area contributed by atoms with Crippen LogP contribution in [0.3, 0.4) is 0 Å². The van der Waals surface area contributed by atoms with E-state index < -0.39 is 4.92 Å². The molecule has 1 aromatic carbocycles. The Labute approximate surface area is 157 Å². The molecule has 7 nitrogen and oxygen atoms in total. The van der Waals surface area contributed by atoms with E-state index in [1.165, 1.54) is 35.8 Å². The second-order valence-corrected chi connectivity index (χ2v) is 6.58. The number of benzene rings is 1. The number of halogens is 1. The molecule has 0 saturated carbocycles. The predicted octanol–water partition coefficient (Wildman–Crippen LogP) is 4.64. The van der Waals surface area contributed by atoms with Gasteiger partial charge in [-0.3, -0.25) is 14.9 Å². The van der Waals surface area contributed by atoms with Crippen LogP contribution in [0.5, 0.6) is 0 Å². The quantitative estimate of drug-likeness (QED) is 0.390. The molecule has 0 spiro atoms. The number of aryl methyl sites for hydroxylation is 1. The number of hydrogen-bond acceptors (Lipinski definition) is 6. The minimum Gasteiger partial charge on any atom is -0.455 e. The zero-order valence-electron chi connectivity index (χ0n) is 13.4. The lowest BCUT2D eigenvalue weighted by Gasteiger charge is -2.00. The van der Waals surface area contributed by atoms with Crippen LogP contribution in [0.2, 0.25) is 5.02 Å². The Morgan fingerprint density at radius 1 is 1.35 bits per heavy atom. The first-order chi connectivity index (χ1) is 12.5. The average molecular weight is 390 g/mol. The smallest absolute Gasteiger partial charge is 0.281 e. The predicted molar refractivity (Wildman–Crippen MR) is 99.9 cm³/mol. The van der Waals surface area contributed by atoms with Crippen molar-refractivity contribution in [2.75, 3.05) is 0 Å². The van der Waals surface area contributed by atoms with Gasteiger partial charge in [0.2, 0.25) is 0 Å². The summed E-state index contributed by atoms with van der Waals surface area (Å²) in [6, 6.07) is 9.19. The topological polar surface area (TPSA) is 97.7 Å². The fourth-order valence-corrected chi connectivity index (χ4v) is 3.22. The van der Waals surface area contributed by atoms with Crippen molar-refractivity contribution in [2.45, 2.75) is 6.92 Å². The number of carbonyl (C=O) groups is 1. The largest absolute Gasteiger partial charge is 0.455 e. The number of hydrazone groups is 1. The molecule has 0 aliphatic rings. The van der Waals surface area contributed by atoms with E-state index in [9.17, 15) is 14.9 Å². The van der Waals surface area contributed by atoms with E-state index in [0.717, 1.165) is 5.56 Å². The Morgan fingerprint density at radius 3 is 2.85 bits per heavy atom. The molecule has 0 unspecified atom stereocenters. The highest BCUT2D eigenvalue weighted by Crippen LogP contribution is 2.32.